The third kappa shape index (κ3) is 2.64. The van der Waals surface area contributed by atoms with E-state index in [1.807, 2.05) is 0 Å². The molecule has 0 aliphatic carbocycles. The van der Waals surface area contributed by atoms with E-state index >= 15 is 0 Å². The quantitative estimate of drug-likeness (QED) is 0.857. The predicted molar refractivity (Wildman–Crippen MR) is 71.0 cm³/mol. The van der Waals surface area contributed by atoms with Gasteiger partial charge >= 0.3 is 5.97 Å². The average Bonchev–Trinajstić information content (AvgIpc) is 2.46. The van der Waals surface area contributed by atoms with Crippen LogP contribution >= 0.6 is 0 Å². The normalized spacial score (nSPS) is 10.1. The van der Waals surface area contributed by atoms with E-state index in [0.717, 1.165) is 0 Å². The lowest BCUT2D eigenvalue weighted by Crippen LogP contribution is -2.11. The van der Waals surface area contributed by atoms with Crippen molar-refractivity contribution in [2.24, 2.45) is 0 Å². The molecule has 2 aromatic rings. The summed E-state index contributed by atoms with van der Waals surface area (Å²) in [5.41, 5.74) is 0.344. The molecule has 2 rings (SSSR count). The van der Waals surface area contributed by atoms with Gasteiger partial charge in [-0.25, -0.2) is 14.8 Å². The molecule has 0 aliphatic heterocycles. The van der Waals surface area contributed by atoms with Crippen molar-refractivity contribution in [1.82, 2.24) is 9.97 Å². The maximum atomic E-state index is 11.3. The fraction of sp³-hybridized carbons (Fsp3) is 0.143. The van der Waals surface area contributed by atoms with Crippen LogP contribution in [-0.4, -0.2) is 33.9 Å². The van der Waals surface area contributed by atoms with Gasteiger partial charge in [-0.3, -0.25) is 4.79 Å². The maximum Gasteiger partial charge on any atom is 0.355 e. The van der Waals surface area contributed by atoms with Crippen molar-refractivity contribution in [1.29, 1.82) is 0 Å². The minimum atomic E-state index is -1.26. The summed E-state index contributed by atoms with van der Waals surface area (Å²) >= 11 is 0. The van der Waals surface area contributed by atoms with Gasteiger partial charge in [0.25, 0.3) is 0 Å². The van der Waals surface area contributed by atoms with E-state index in [9.17, 15) is 9.59 Å². The van der Waals surface area contributed by atoms with Crippen LogP contribution in [0.2, 0.25) is 0 Å². The van der Waals surface area contributed by atoms with Crippen LogP contribution < -0.4 is 4.74 Å². The van der Waals surface area contributed by atoms with Gasteiger partial charge in [-0.15, -0.1) is 0 Å². The lowest BCUT2D eigenvalue weighted by atomic mass is 10.1. The third-order valence-electron chi connectivity index (χ3n) is 2.72. The Balaban J connectivity index is 2.49. The first-order chi connectivity index (χ1) is 9.52. The number of nitrogens with zero attached hydrogens (tertiary/aromatic N) is 2. The highest BCUT2D eigenvalue weighted by atomic mass is 16.5. The summed E-state index contributed by atoms with van der Waals surface area (Å²) in [6.07, 6.45) is 1.23. The smallest absolute Gasteiger partial charge is 0.355 e. The molecule has 1 N–H and O–H groups in total. The van der Waals surface area contributed by atoms with Gasteiger partial charge in [0.2, 0.25) is 0 Å². The SMILES string of the molecule is COc1ccc(-c2ncc(C(C)=O)c(C(=O)O)n2)cc1. The second-order valence-electron chi connectivity index (χ2n) is 4.05. The van der Waals surface area contributed by atoms with E-state index in [2.05, 4.69) is 9.97 Å². The first-order valence-corrected chi connectivity index (χ1v) is 5.78. The van der Waals surface area contributed by atoms with Gasteiger partial charge in [-0.05, 0) is 31.2 Å². The zero-order chi connectivity index (χ0) is 14.7. The van der Waals surface area contributed by atoms with Crippen molar-refractivity contribution in [3.05, 3.63) is 41.7 Å². The predicted octanol–water partition coefficient (Wildman–Crippen LogP) is 2.05. The highest BCUT2D eigenvalue weighted by Gasteiger charge is 2.17. The number of rotatable bonds is 4. The molecule has 1 aromatic heterocycles. The number of carbonyl (C=O) groups is 2. The van der Waals surface area contributed by atoms with Crippen LogP contribution in [0.3, 0.4) is 0 Å². The molecule has 0 saturated carbocycles. The molecule has 0 saturated heterocycles. The number of carboxylic acids is 1. The summed E-state index contributed by atoms with van der Waals surface area (Å²) in [4.78, 5) is 30.5. The number of hydrogen-bond donors (Lipinski definition) is 1. The number of ether oxygens (including phenoxy) is 1. The molecule has 102 valence electrons. The van der Waals surface area contributed by atoms with E-state index in [-0.39, 0.29) is 22.9 Å². The molecule has 0 bridgehead atoms. The molecule has 0 unspecified atom stereocenters. The van der Waals surface area contributed by atoms with Crippen LogP contribution in [0.5, 0.6) is 5.75 Å². The van der Waals surface area contributed by atoms with Crippen LogP contribution in [0.25, 0.3) is 11.4 Å². The monoisotopic (exact) mass is 272 g/mol. The maximum absolute atomic E-state index is 11.3. The molecule has 6 heteroatoms. The Morgan fingerprint density at radius 3 is 2.35 bits per heavy atom. The first kappa shape index (κ1) is 13.7. The third-order valence-corrected chi connectivity index (χ3v) is 2.72. The molecule has 0 atom stereocenters. The van der Waals surface area contributed by atoms with Crippen molar-refractivity contribution < 1.29 is 19.4 Å². The van der Waals surface area contributed by atoms with Crippen LogP contribution in [0.4, 0.5) is 0 Å². The first-order valence-electron chi connectivity index (χ1n) is 5.78. The molecule has 20 heavy (non-hydrogen) atoms. The van der Waals surface area contributed by atoms with Crippen LogP contribution in [0.1, 0.15) is 27.8 Å². The number of ketones is 1. The molecular weight excluding hydrogens is 260 g/mol. The number of carbonyl (C=O) groups excluding carboxylic acids is 1. The summed E-state index contributed by atoms with van der Waals surface area (Å²) in [5.74, 6) is -0.723. The minimum absolute atomic E-state index is 0.00485. The highest BCUT2D eigenvalue weighted by Crippen LogP contribution is 2.20. The summed E-state index contributed by atoms with van der Waals surface area (Å²) in [6.45, 7) is 1.28. The molecule has 1 aromatic carbocycles. The van der Waals surface area contributed by atoms with E-state index in [4.69, 9.17) is 9.84 Å². The van der Waals surface area contributed by atoms with Crippen molar-refractivity contribution in [3.63, 3.8) is 0 Å². The van der Waals surface area contributed by atoms with Crippen molar-refractivity contribution >= 4 is 11.8 Å². The standard InChI is InChI=1S/C14H12N2O4/c1-8(17)11-7-15-13(16-12(11)14(18)19)9-3-5-10(20-2)6-4-9/h3-7H,1-2H3,(H,18,19). The van der Waals surface area contributed by atoms with E-state index in [0.29, 0.717) is 11.3 Å². The average molecular weight is 272 g/mol. The van der Waals surface area contributed by atoms with Crippen molar-refractivity contribution in [2.75, 3.05) is 7.11 Å². The summed E-state index contributed by atoms with van der Waals surface area (Å²) in [5, 5.41) is 9.11. The lowest BCUT2D eigenvalue weighted by Gasteiger charge is -2.05. The Morgan fingerprint density at radius 2 is 1.85 bits per heavy atom. The number of methoxy groups -OCH3 is 1. The Kier molecular flexibility index (Phi) is 3.74. The Hall–Kier alpha value is -2.76. The molecule has 0 spiro atoms. The fourth-order valence-electron chi connectivity index (χ4n) is 1.68. The largest absolute Gasteiger partial charge is 0.497 e. The van der Waals surface area contributed by atoms with E-state index in [1.165, 1.54) is 13.1 Å². The van der Waals surface area contributed by atoms with Gasteiger partial charge in [-0.2, -0.15) is 0 Å². The van der Waals surface area contributed by atoms with Crippen LogP contribution in [0, 0.1) is 0 Å². The number of carboxylic acid groups (broad SMARTS) is 1. The van der Waals surface area contributed by atoms with Gasteiger partial charge in [0, 0.05) is 11.8 Å². The minimum Gasteiger partial charge on any atom is -0.497 e. The molecular formula is C14H12N2O4. The highest BCUT2D eigenvalue weighted by molar-refractivity contribution is 6.03. The molecule has 0 aliphatic rings. The molecule has 0 radical (unpaired) electrons. The summed E-state index contributed by atoms with van der Waals surface area (Å²) in [6, 6.07) is 6.87. The second-order valence-corrected chi connectivity index (χ2v) is 4.05. The topological polar surface area (TPSA) is 89.4 Å². The number of benzene rings is 1. The zero-order valence-corrected chi connectivity index (χ0v) is 11.0. The van der Waals surface area contributed by atoms with Crippen molar-refractivity contribution in [3.8, 4) is 17.1 Å². The Morgan fingerprint density at radius 1 is 1.20 bits per heavy atom. The molecule has 0 fully saturated rings. The molecule has 0 amide bonds. The second kappa shape index (κ2) is 5.48. The van der Waals surface area contributed by atoms with Gasteiger partial charge in [0.15, 0.2) is 17.3 Å². The number of hydrogen-bond acceptors (Lipinski definition) is 5. The fourth-order valence-corrected chi connectivity index (χ4v) is 1.68. The van der Waals surface area contributed by atoms with Gasteiger partial charge < -0.3 is 9.84 Å². The Bertz CT molecular complexity index is 665. The van der Waals surface area contributed by atoms with Gasteiger partial charge in [0.1, 0.15) is 5.75 Å². The number of Topliss-reactive ketones (excluding diaryl/α,β-unsaturated/α-hetero) is 1. The summed E-state index contributed by atoms with van der Waals surface area (Å²) < 4.78 is 5.04. The summed E-state index contributed by atoms with van der Waals surface area (Å²) in [7, 11) is 1.55. The van der Waals surface area contributed by atoms with E-state index in [1.54, 1.807) is 31.4 Å². The van der Waals surface area contributed by atoms with Crippen LogP contribution in [0.15, 0.2) is 30.5 Å². The van der Waals surface area contributed by atoms with Crippen LogP contribution in [-0.2, 0) is 0 Å². The van der Waals surface area contributed by atoms with Crippen molar-refractivity contribution in [2.45, 2.75) is 6.92 Å². The Labute approximate surface area is 115 Å². The van der Waals surface area contributed by atoms with Gasteiger partial charge in [0.05, 0.1) is 12.7 Å². The number of aromatic nitrogens is 2. The lowest BCUT2D eigenvalue weighted by molar-refractivity contribution is 0.0685. The zero-order valence-electron chi connectivity index (χ0n) is 11.0. The molecule has 1 heterocycles. The number of aromatic carboxylic acids is 1. The molecule has 6 nitrogen and oxygen atoms in total. The van der Waals surface area contributed by atoms with Gasteiger partial charge in [-0.1, -0.05) is 0 Å². The van der Waals surface area contributed by atoms with E-state index < -0.39 is 5.97 Å².